The van der Waals surface area contributed by atoms with Crippen molar-refractivity contribution in [3.63, 3.8) is 0 Å². The second kappa shape index (κ2) is 7.20. The highest BCUT2D eigenvalue weighted by Gasteiger charge is 2.25. The third-order valence-corrected chi connectivity index (χ3v) is 5.60. The molecule has 1 N–H and O–H groups in total. The van der Waals surface area contributed by atoms with Crippen molar-refractivity contribution in [3.8, 4) is 11.3 Å². The maximum absolute atomic E-state index is 12.8. The lowest BCUT2D eigenvalue weighted by Crippen LogP contribution is -2.43. The van der Waals surface area contributed by atoms with Crippen molar-refractivity contribution >= 4 is 23.5 Å². The molecule has 0 aliphatic carbocycles. The number of carbonyl (C=O) groups excluding carboxylic acids is 2. The predicted octanol–water partition coefficient (Wildman–Crippen LogP) is 4.00. The molecule has 1 aromatic heterocycles. The van der Waals surface area contributed by atoms with E-state index < -0.39 is 0 Å². The van der Waals surface area contributed by atoms with Gasteiger partial charge in [0.05, 0.1) is 11.9 Å². The molecule has 6 nitrogen and oxygen atoms in total. The van der Waals surface area contributed by atoms with Gasteiger partial charge in [-0.25, -0.2) is 4.98 Å². The number of nitrogens with one attached hydrogen (secondary N) is 1. The van der Waals surface area contributed by atoms with Crippen LogP contribution in [0.15, 0.2) is 42.6 Å². The quantitative estimate of drug-likeness (QED) is 0.687. The number of carbonyl (C=O) groups is 2. The van der Waals surface area contributed by atoms with Gasteiger partial charge in [-0.1, -0.05) is 12.1 Å². The van der Waals surface area contributed by atoms with Crippen molar-refractivity contribution in [1.82, 2.24) is 9.55 Å². The Hall–Kier alpha value is -3.41. The number of amides is 2. The molecule has 6 heteroatoms. The first kappa shape index (κ1) is 18.9. The van der Waals surface area contributed by atoms with Gasteiger partial charge in [0.1, 0.15) is 0 Å². The summed E-state index contributed by atoms with van der Waals surface area (Å²) in [7, 11) is 1.89. The molecule has 0 atom stereocenters. The smallest absolute Gasteiger partial charge is 0.258 e. The van der Waals surface area contributed by atoms with Gasteiger partial charge in [-0.2, -0.15) is 0 Å². The fraction of sp³-hybridized carbons (Fsp3) is 0.261. The zero-order valence-electron chi connectivity index (χ0n) is 17.1. The average Bonchev–Trinajstić information content (AvgIpc) is 3.04. The highest BCUT2D eigenvalue weighted by molar-refractivity contribution is 6.05. The van der Waals surface area contributed by atoms with E-state index in [4.69, 9.17) is 0 Å². The Labute approximate surface area is 170 Å². The van der Waals surface area contributed by atoms with Gasteiger partial charge in [-0.05, 0) is 61.7 Å². The van der Waals surface area contributed by atoms with Gasteiger partial charge >= 0.3 is 0 Å². The molecule has 2 aromatic carbocycles. The van der Waals surface area contributed by atoms with Crippen molar-refractivity contribution < 1.29 is 9.59 Å². The SMILES string of the molecule is Cc1cc(C)c(-c2cnc(NC(=O)c3cccc(N4CCC4=O)c3)n2C)cc1C. The van der Waals surface area contributed by atoms with E-state index >= 15 is 0 Å². The molecule has 0 radical (unpaired) electrons. The summed E-state index contributed by atoms with van der Waals surface area (Å²) >= 11 is 0. The molecular formula is C23H24N4O2. The van der Waals surface area contributed by atoms with Crippen LogP contribution in [0.3, 0.4) is 0 Å². The van der Waals surface area contributed by atoms with Gasteiger partial charge in [-0.3, -0.25) is 14.9 Å². The van der Waals surface area contributed by atoms with Crippen LogP contribution >= 0.6 is 0 Å². The third-order valence-electron chi connectivity index (χ3n) is 5.60. The minimum Gasteiger partial charge on any atom is -0.313 e. The molecule has 1 fully saturated rings. The van der Waals surface area contributed by atoms with Crippen molar-refractivity contribution in [1.29, 1.82) is 0 Å². The standard InChI is InChI=1S/C23H24N4O2/c1-14-10-16(3)19(11-15(14)2)20-13-24-23(26(20)4)25-22(29)17-6-5-7-18(12-17)27-9-8-21(27)28/h5-7,10-13H,8-9H2,1-4H3,(H,24,25,29). The number of benzene rings is 2. The summed E-state index contributed by atoms with van der Waals surface area (Å²) in [6, 6.07) is 11.4. The number of aromatic nitrogens is 2. The molecule has 4 rings (SSSR count). The highest BCUT2D eigenvalue weighted by Crippen LogP contribution is 2.28. The molecule has 1 aliphatic heterocycles. The molecule has 148 valence electrons. The third kappa shape index (κ3) is 3.42. The van der Waals surface area contributed by atoms with E-state index in [1.165, 1.54) is 16.7 Å². The monoisotopic (exact) mass is 388 g/mol. The van der Waals surface area contributed by atoms with Crippen LogP contribution in [-0.4, -0.2) is 27.9 Å². The van der Waals surface area contributed by atoms with Crippen LogP contribution < -0.4 is 10.2 Å². The summed E-state index contributed by atoms with van der Waals surface area (Å²) in [4.78, 5) is 30.5. The summed E-state index contributed by atoms with van der Waals surface area (Å²) in [5, 5.41) is 2.88. The second-order valence-electron chi connectivity index (χ2n) is 7.58. The number of hydrogen-bond acceptors (Lipinski definition) is 3. The average molecular weight is 388 g/mol. The van der Waals surface area contributed by atoms with Crippen LogP contribution in [0, 0.1) is 20.8 Å². The largest absolute Gasteiger partial charge is 0.313 e. The molecule has 0 unspecified atom stereocenters. The molecule has 2 heterocycles. The Kier molecular flexibility index (Phi) is 4.70. The Bertz CT molecular complexity index is 1130. The fourth-order valence-corrected chi connectivity index (χ4v) is 3.59. The Balaban J connectivity index is 1.58. The van der Waals surface area contributed by atoms with Crippen molar-refractivity contribution in [2.24, 2.45) is 7.05 Å². The maximum atomic E-state index is 12.8. The van der Waals surface area contributed by atoms with E-state index in [0.29, 0.717) is 24.5 Å². The van der Waals surface area contributed by atoms with Gasteiger partial charge in [0, 0.05) is 36.8 Å². The molecule has 0 spiro atoms. The Morgan fingerprint density at radius 1 is 1.07 bits per heavy atom. The van der Waals surface area contributed by atoms with Crippen LogP contribution in [0.2, 0.25) is 0 Å². The highest BCUT2D eigenvalue weighted by atomic mass is 16.2. The van der Waals surface area contributed by atoms with Crippen LogP contribution in [0.5, 0.6) is 0 Å². The van der Waals surface area contributed by atoms with E-state index in [-0.39, 0.29) is 11.8 Å². The van der Waals surface area contributed by atoms with Crippen molar-refractivity contribution in [2.45, 2.75) is 27.2 Å². The molecule has 1 saturated heterocycles. The van der Waals surface area contributed by atoms with Gasteiger partial charge in [-0.15, -0.1) is 0 Å². The van der Waals surface area contributed by atoms with E-state index in [9.17, 15) is 9.59 Å². The summed E-state index contributed by atoms with van der Waals surface area (Å²) < 4.78 is 1.89. The first-order chi connectivity index (χ1) is 13.8. The van der Waals surface area contributed by atoms with Crippen molar-refractivity contribution in [3.05, 3.63) is 64.8 Å². The molecule has 2 amide bonds. The van der Waals surface area contributed by atoms with Gasteiger partial charge < -0.3 is 9.47 Å². The normalized spacial score (nSPS) is 13.4. The first-order valence-electron chi connectivity index (χ1n) is 9.67. The lowest BCUT2D eigenvalue weighted by Gasteiger charge is -2.30. The molecule has 0 bridgehead atoms. The van der Waals surface area contributed by atoms with E-state index in [0.717, 1.165) is 16.9 Å². The van der Waals surface area contributed by atoms with E-state index in [1.807, 2.05) is 17.7 Å². The van der Waals surface area contributed by atoms with Crippen LogP contribution in [0.25, 0.3) is 11.3 Å². The summed E-state index contributed by atoms with van der Waals surface area (Å²) in [6.07, 6.45) is 2.34. The molecule has 1 aliphatic rings. The van der Waals surface area contributed by atoms with Gasteiger partial charge in [0.2, 0.25) is 11.9 Å². The number of nitrogens with zero attached hydrogens (tertiary/aromatic N) is 3. The van der Waals surface area contributed by atoms with E-state index in [2.05, 4.69) is 43.2 Å². The summed E-state index contributed by atoms with van der Waals surface area (Å²) in [6.45, 7) is 6.97. The van der Waals surface area contributed by atoms with Crippen molar-refractivity contribution in [2.75, 3.05) is 16.8 Å². The lowest BCUT2D eigenvalue weighted by atomic mass is 9.99. The number of β-lactam (4-membered cyclic amide) rings is 1. The molecular weight excluding hydrogens is 364 g/mol. The summed E-state index contributed by atoms with van der Waals surface area (Å²) in [5.41, 5.74) is 6.93. The number of aryl methyl sites for hydroxylation is 3. The number of rotatable bonds is 4. The predicted molar refractivity (Wildman–Crippen MR) is 114 cm³/mol. The first-order valence-corrected chi connectivity index (χ1v) is 9.67. The number of hydrogen-bond donors (Lipinski definition) is 1. The molecule has 0 saturated carbocycles. The zero-order chi connectivity index (χ0) is 20.7. The number of imidazole rings is 1. The zero-order valence-corrected chi connectivity index (χ0v) is 17.1. The molecule has 29 heavy (non-hydrogen) atoms. The van der Waals surface area contributed by atoms with Crippen LogP contribution in [-0.2, 0) is 11.8 Å². The summed E-state index contributed by atoms with van der Waals surface area (Å²) in [5.74, 6) is 0.310. The molecule has 3 aromatic rings. The van der Waals surface area contributed by atoms with Gasteiger partial charge in [0.25, 0.3) is 5.91 Å². The van der Waals surface area contributed by atoms with E-state index in [1.54, 1.807) is 29.3 Å². The number of anilines is 2. The topological polar surface area (TPSA) is 67.2 Å². The maximum Gasteiger partial charge on any atom is 0.258 e. The van der Waals surface area contributed by atoms with Gasteiger partial charge in [0.15, 0.2) is 0 Å². The fourth-order valence-electron chi connectivity index (χ4n) is 3.59. The Morgan fingerprint density at radius 3 is 2.52 bits per heavy atom. The minimum absolute atomic E-state index is 0.0834. The lowest BCUT2D eigenvalue weighted by molar-refractivity contribution is -0.122. The minimum atomic E-state index is -0.253. The van der Waals surface area contributed by atoms with Crippen LogP contribution in [0.4, 0.5) is 11.6 Å². The Morgan fingerprint density at radius 2 is 1.83 bits per heavy atom. The van der Waals surface area contributed by atoms with Crippen LogP contribution in [0.1, 0.15) is 33.5 Å². The second-order valence-corrected chi connectivity index (χ2v) is 7.58.